The summed E-state index contributed by atoms with van der Waals surface area (Å²) in [7, 11) is 0. The Hall–Kier alpha value is 0.265. The van der Waals surface area contributed by atoms with Crippen molar-refractivity contribution in [2.45, 2.75) is 32.6 Å². The molecular weight excluding hydrogens is 396 g/mol. The molecule has 1 aliphatic carbocycles. The topological polar surface area (TPSA) is 9.23 Å². The van der Waals surface area contributed by atoms with Gasteiger partial charge in [-0.3, -0.25) is 0 Å². The summed E-state index contributed by atoms with van der Waals surface area (Å²) in [6.07, 6.45) is 5.13. The van der Waals surface area contributed by atoms with Crippen LogP contribution in [-0.2, 0) is 0 Å². The summed E-state index contributed by atoms with van der Waals surface area (Å²) in [6, 6.07) is 13.4. The predicted molar refractivity (Wildman–Crippen MR) is 92.3 cm³/mol. The Morgan fingerprint density at radius 1 is 1.12 bits per heavy atom. The Labute approximate surface area is 197 Å². The second-order valence-corrected chi connectivity index (χ2v) is 6.86. The van der Waals surface area contributed by atoms with Crippen LogP contribution in [0.25, 0.3) is 11.1 Å². The van der Waals surface area contributed by atoms with Gasteiger partial charge in [0, 0.05) is 5.82 Å². The fraction of sp³-hybridized carbons (Fsp3) is 0.400. The molecule has 1 fully saturated rings. The van der Waals surface area contributed by atoms with E-state index >= 15 is 0 Å². The molecule has 0 N–H and O–H groups in total. The summed E-state index contributed by atoms with van der Waals surface area (Å²) >= 11 is 6.00. The number of rotatable bonds is 4. The summed E-state index contributed by atoms with van der Waals surface area (Å²) < 4.78 is 19.4. The molecule has 2 aromatic carbocycles. The SMILES string of the molecule is CC1CCC(COc2ccc(-c3cc[c-]c(F)c3Cl)cc2)CC1.[Rb+]. The molecule has 1 saturated carbocycles. The Kier molecular flexibility index (Phi) is 8.42. The zero-order valence-electron chi connectivity index (χ0n) is 14.3. The van der Waals surface area contributed by atoms with Crippen LogP contribution in [0.1, 0.15) is 32.6 Å². The zero-order valence-corrected chi connectivity index (χ0v) is 20.0. The largest absolute Gasteiger partial charge is 1.00 e. The van der Waals surface area contributed by atoms with Gasteiger partial charge in [-0.05, 0) is 47.4 Å². The van der Waals surface area contributed by atoms with E-state index in [1.165, 1.54) is 25.7 Å². The van der Waals surface area contributed by atoms with Crippen molar-refractivity contribution in [3.63, 3.8) is 0 Å². The van der Waals surface area contributed by atoms with Crippen LogP contribution in [0, 0.1) is 23.7 Å². The van der Waals surface area contributed by atoms with Gasteiger partial charge in [-0.25, -0.2) is 4.39 Å². The van der Waals surface area contributed by atoms with Gasteiger partial charge in [0.15, 0.2) is 0 Å². The smallest absolute Gasteiger partial charge is 0.493 e. The minimum Gasteiger partial charge on any atom is -0.493 e. The number of hydrogen-bond donors (Lipinski definition) is 0. The molecule has 24 heavy (non-hydrogen) atoms. The first kappa shape index (κ1) is 20.6. The second kappa shape index (κ2) is 9.82. The van der Waals surface area contributed by atoms with Crippen LogP contribution in [0.5, 0.6) is 5.75 Å². The molecule has 0 atom stereocenters. The Balaban J connectivity index is 0.00000208. The van der Waals surface area contributed by atoms with Crippen LogP contribution < -0.4 is 62.9 Å². The third kappa shape index (κ3) is 5.38. The maximum absolute atomic E-state index is 13.5. The fourth-order valence-electron chi connectivity index (χ4n) is 3.12. The van der Waals surface area contributed by atoms with Crippen molar-refractivity contribution in [3.05, 3.63) is 53.3 Å². The Bertz CT molecular complexity index is 651. The zero-order chi connectivity index (χ0) is 16.2. The summed E-state index contributed by atoms with van der Waals surface area (Å²) in [5.41, 5.74) is 1.55. The minimum atomic E-state index is -0.518. The van der Waals surface area contributed by atoms with Gasteiger partial charge in [0.2, 0.25) is 0 Å². The molecule has 0 amide bonds. The molecule has 4 heteroatoms. The van der Waals surface area contributed by atoms with Crippen molar-refractivity contribution in [3.8, 4) is 16.9 Å². The fourth-order valence-corrected chi connectivity index (χ4v) is 3.34. The standard InChI is InChI=1S/C20H21ClFO.Rb/c1-14-5-7-15(8-6-14)13-23-17-11-9-16(10-12-17)18-3-2-4-19(22)20(18)21;/h2-3,9-12,14-15H,5-8,13H2,1H3;/q-1;+1. The molecule has 0 unspecified atom stereocenters. The summed E-state index contributed by atoms with van der Waals surface area (Å²) in [4.78, 5) is 0. The third-order valence-corrected chi connectivity index (χ3v) is 5.05. The second-order valence-electron chi connectivity index (χ2n) is 6.48. The van der Waals surface area contributed by atoms with E-state index in [-0.39, 0.29) is 63.2 Å². The summed E-state index contributed by atoms with van der Waals surface area (Å²) in [5.74, 6) is 1.86. The maximum Gasteiger partial charge on any atom is 1.00 e. The monoisotopic (exact) mass is 416 g/mol. The summed E-state index contributed by atoms with van der Waals surface area (Å²) in [6.45, 7) is 3.10. The van der Waals surface area contributed by atoms with Crippen LogP contribution in [0.3, 0.4) is 0 Å². The summed E-state index contributed by atoms with van der Waals surface area (Å²) in [5, 5.41) is 0.109. The van der Waals surface area contributed by atoms with Gasteiger partial charge in [-0.2, -0.15) is 23.7 Å². The first-order valence-electron chi connectivity index (χ1n) is 8.22. The van der Waals surface area contributed by atoms with Crippen molar-refractivity contribution in [1.82, 2.24) is 0 Å². The molecule has 0 bridgehead atoms. The molecule has 0 spiro atoms. The van der Waals surface area contributed by atoms with Gasteiger partial charge in [0.05, 0.1) is 6.61 Å². The normalized spacial score (nSPS) is 20.3. The van der Waals surface area contributed by atoms with Crippen molar-refractivity contribution in [2.75, 3.05) is 6.61 Å². The van der Waals surface area contributed by atoms with Crippen molar-refractivity contribution >= 4 is 11.6 Å². The van der Waals surface area contributed by atoms with E-state index in [0.717, 1.165) is 23.8 Å². The minimum absolute atomic E-state index is 0. The third-order valence-electron chi connectivity index (χ3n) is 4.68. The first-order chi connectivity index (χ1) is 11.1. The average molecular weight is 417 g/mol. The van der Waals surface area contributed by atoms with E-state index in [1.807, 2.05) is 24.3 Å². The number of hydrogen-bond acceptors (Lipinski definition) is 1. The van der Waals surface area contributed by atoms with Gasteiger partial charge in [0.25, 0.3) is 0 Å². The molecule has 0 aliphatic heterocycles. The van der Waals surface area contributed by atoms with E-state index in [0.29, 0.717) is 11.5 Å². The van der Waals surface area contributed by atoms with Crippen molar-refractivity contribution in [2.24, 2.45) is 11.8 Å². The van der Waals surface area contributed by atoms with Gasteiger partial charge in [-0.15, -0.1) is 11.6 Å². The molecule has 1 aliphatic rings. The van der Waals surface area contributed by atoms with E-state index in [9.17, 15) is 4.39 Å². The predicted octanol–water partition coefficient (Wildman–Crippen LogP) is 3.16. The molecule has 1 nitrogen and oxygen atoms in total. The number of benzene rings is 2. The first-order valence-corrected chi connectivity index (χ1v) is 8.60. The van der Waals surface area contributed by atoms with Crippen LogP contribution >= 0.6 is 11.6 Å². The van der Waals surface area contributed by atoms with Crippen molar-refractivity contribution < 1.29 is 67.3 Å². The average Bonchev–Trinajstić information content (AvgIpc) is 2.57. The van der Waals surface area contributed by atoms with Crippen LogP contribution in [0.2, 0.25) is 5.02 Å². The molecule has 0 saturated heterocycles. The van der Waals surface area contributed by atoms with E-state index in [1.54, 1.807) is 12.1 Å². The number of halogens is 2. The molecule has 0 aromatic heterocycles. The van der Waals surface area contributed by atoms with E-state index in [4.69, 9.17) is 16.3 Å². The maximum atomic E-state index is 13.5. The molecule has 2 aromatic rings. The van der Waals surface area contributed by atoms with Crippen LogP contribution in [-0.4, -0.2) is 6.61 Å². The quantitative estimate of drug-likeness (QED) is 0.695. The Morgan fingerprint density at radius 3 is 2.46 bits per heavy atom. The van der Waals surface area contributed by atoms with Crippen LogP contribution in [0.4, 0.5) is 4.39 Å². The molecule has 0 radical (unpaired) electrons. The van der Waals surface area contributed by atoms with E-state index in [2.05, 4.69) is 13.0 Å². The number of ether oxygens (including phenoxy) is 1. The molecule has 3 rings (SSSR count). The van der Waals surface area contributed by atoms with Gasteiger partial charge in [-0.1, -0.05) is 31.9 Å². The Morgan fingerprint density at radius 2 is 1.79 bits per heavy atom. The van der Waals surface area contributed by atoms with Gasteiger partial charge in [0.1, 0.15) is 5.75 Å². The van der Waals surface area contributed by atoms with Crippen LogP contribution in [0.15, 0.2) is 36.4 Å². The van der Waals surface area contributed by atoms with Gasteiger partial charge < -0.3 is 4.74 Å². The molecule has 0 heterocycles. The molecular formula is C20H21ClFORb. The molecule has 122 valence electrons. The van der Waals surface area contributed by atoms with Gasteiger partial charge >= 0.3 is 58.2 Å². The van der Waals surface area contributed by atoms with Crippen molar-refractivity contribution in [1.29, 1.82) is 0 Å². The van der Waals surface area contributed by atoms with E-state index < -0.39 is 5.82 Å².